The molecule has 2 unspecified atom stereocenters. The highest BCUT2D eigenvalue weighted by Gasteiger charge is 2.18. The van der Waals surface area contributed by atoms with Crippen molar-refractivity contribution in [1.29, 1.82) is 0 Å². The van der Waals surface area contributed by atoms with Crippen LogP contribution in [-0.2, 0) is 11.8 Å². The van der Waals surface area contributed by atoms with Gasteiger partial charge >= 0.3 is 11.7 Å². The summed E-state index contributed by atoms with van der Waals surface area (Å²) in [6.07, 6.45) is 0.118. The van der Waals surface area contributed by atoms with Crippen molar-refractivity contribution in [2.45, 2.75) is 18.5 Å². The van der Waals surface area contributed by atoms with Crippen LogP contribution in [0.15, 0.2) is 27.4 Å². The summed E-state index contributed by atoms with van der Waals surface area (Å²) < 4.78 is 6.36. The topological polar surface area (TPSA) is 124 Å². The zero-order valence-electron chi connectivity index (χ0n) is 10.4. The molecule has 0 saturated heterocycles. The van der Waals surface area contributed by atoms with Crippen molar-refractivity contribution in [1.82, 2.24) is 4.57 Å². The SMILES string of the molecule is Cn1c(=O)oc2ccc(C(N)CC(N)C(=O)O)cc21. The van der Waals surface area contributed by atoms with Gasteiger partial charge in [0.05, 0.1) is 5.52 Å². The summed E-state index contributed by atoms with van der Waals surface area (Å²) in [5.74, 6) is -1.55. The second-order valence-corrected chi connectivity index (χ2v) is 4.44. The second kappa shape index (κ2) is 4.87. The smallest absolute Gasteiger partial charge is 0.419 e. The molecule has 0 saturated carbocycles. The first-order chi connectivity index (χ1) is 8.90. The molecule has 7 nitrogen and oxygen atoms in total. The highest BCUT2D eigenvalue weighted by atomic mass is 16.4. The molecule has 5 N–H and O–H groups in total. The number of aryl methyl sites for hydroxylation is 1. The first-order valence-electron chi connectivity index (χ1n) is 5.73. The molecule has 7 heteroatoms. The molecule has 0 radical (unpaired) electrons. The Morgan fingerprint density at radius 3 is 2.79 bits per heavy atom. The normalized spacial score (nSPS) is 14.5. The number of benzene rings is 1. The monoisotopic (exact) mass is 265 g/mol. The number of nitrogens with zero attached hydrogens (tertiary/aromatic N) is 1. The van der Waals surface area contributed by atoms with Crippen molar-refractivity contribution in [3.63, 3.8) is 0 Å². The van der Waals surface area contributed by atoms with Crippen molar-refractivity contribution in [2.24, 2.45) is 18.5 Å². The summed E-state index contributed by atoms with van der Waals surface area (Å²) in [7, 11) is 1.59. The lowest BCUT2D eigenvalue weighted by molar-refractivity contribution is -0.138. The Labute approximate surface area is 108 Å². The Morgan fingerprint density at radius 1 is 1.47 bits per heavy atom. The van der Waals surface area contributed by atoms with Gasteiger partial charge in [0.15, 0.2) is 5.58 Å². The fourth-order valence-corrected chi connectivity index (χ4v) is 1.88. The maximum atomic E-state index is 11.4. The van der Waals surface area contributed by atoms with Crippen LogP contribution in [-0.4, -0.2) is 21.7 Å². The molecule has 0 aliphatic carbocycles. The molecule has 0 spiro atoms. The number of hydrogen-bond acceptors (Lipinski definition) is 5. The summed E-state index contributed by atoms with van der Waals surface area (Å²) in [6, 6.07) is 3.52. The van der Waals surface area contributed by atoms with Crippen LogP contribution in [0.25, 0.3) is 11.1 Å². The maximum absolute atomic E-state index is 11.4. The Kier molecular flexibility index (Phi) is 3.41. The minimum Gasteiger partial charge on any atom is -0.480 e. The molecule has 2 rings (SSSR count). The van der Waals surface area contributed by atoms with Gasteiger partial charge in [0.2, 0.25) is 0 Å². The van der Waals surface area contributed by atoms with E-state index >= 15 is 0 Å². The highest BCUT2D eigenvalue weighted by molar-refractivity contribution is 5.74. The Balaban J connectivity index is 2.32. The second-order valence-electron chi connectivity index (χ2n) is 4.44. The van der Waals surface area contributed by atoms with Gasteiger partial charge in [0.25, 0.3) is 0 Å². The van der Waals surface area contributed by atoms with E-state index in [2.05, 4.69) is 0 Å². The molecule has 2 aromatic rings. The van der Waals surface area contributed by atoms with Crippen LogP contribution in [0.5, 0.6) is 0 Å². The van der Waals surface area contributed by atoms with Crippen LogP contribution in [0.2, 0.25) is 0 Å². The van der Waals surface area contributed by atoms with E-state index in [1.54, 1.807) is 25.2 Å². The van der Waals surface area contributed by atoms with Crippen LogP contribution in [0.1, 0.15) is 18.0 Å². The molecular formula is C12H15N3O4. The molecule has 0 amide bonds. The molecule has 19 heavy (non-hydrogen) atoms. The molecule has 0 fully saturated rings. The Hall–Kier alpha value is -2.12. The molecule has 1 aromatic heterocycles. The summed E-state index contributed by atoms with van der Waals surface area (Å²) >= 11 is 0. The van der Waals surface area contributed by atoms with Crippen molar-refractivity contribution < 1.29 is 14.3 Å². The number of rotatable bonds is 4. The number of hydrogen-bond donors (Lipinski definition) is 3. The van der Waals surface area contributed by atoms with Crippen molar-refractivity contribution in [3.05, 3.63) is 34.3 Å². The average Bonchev–Trinajstić information content (AvgIpc) is 2.64. The highest BCUT2D eigenvalue weighted by Crippen LogP contribution is 2.20. The fourth-order valence-electron chi connectivity index (χ4n) is 1.88. The van der Waals surface area contributed by atoms with E-state index in [4.69, 9.17) is 21.0 Å². The van der Waals surface area contributed by atoms with Gasteiger partial charge in [-0.25, -0.2) is 4.79 Å². The molecular weight excluding hydrogens is 250 g/mol. The van der Waals surface area contributed by atoms with Crippen LogP contribution >= 0.6 is 0 Å². The molecule has 1 aromatic carbocycles. The molecule has 1 heterocycles. The van der Waals surface area contributed by atoms with Gasteiger partial charge in [-0.1, -0.05) is 6.07 Å². The van der Waals surface area contributed by atoms with E-state index in [9.17, 15) is 9.59 Å². The number of aliphatic carboxylic acids is 1. The van der Waals surface area contributed by atoms with Crippen molar-refractivity contribution >= 4 is 17.1 Å². The number of carboxylic acids is 1. The summed E-state index contributed by atoms with van der Waals surface area (Å²) in [5.41, 5.74) is 13.2. The molecule has 102 valence electrons. The summed E-state index contributed by atoms with van der Waals surface area (Å²) in [6.45, 7) is 0. The van der Waals surface area contributed by atoms with Crippen molar-refractivity contribution in [2.75, 3.05) is 0 Å². The van der Waals surface area contributed by atoms with E-state index in [0.717, 1.165) is 0 Å². The van der Waals surface area contributed by atoms with Crippen LogP contribution in [0, 0.1) is 0 Å². The number of nitrogens with two attached hydrogens (primary N) is 2. The minimum absolute atomic E-state index is 0.118. The third kappa shape index (κ3) is 2.51. The predicted octanol–water partition coefficient (Wildman–Crippen LogP) is -0.0667. The molecule has 0 bridgehead atoms. The van der Waals surface area contributed by atoms with Crippen molar-refractivity contribution in [3.8, 4) is 0 Å². The number of carbonyl (C=O) groups is 1. The van der Waals surface area contributed by atoms with E-state index in [1.807, 2.05) is 0 Å². The first kappa shape index (κ1) is 13.3. The first-order valence-corrected chi connectivity index (χ1v) is 5.73. The fraction of sp³-hybridized carbons (Fsp3) is 0.333. The van der Waals surface area contributed by atoms with Gasteiger partial charge in [-0.2, -0.15) is 0 Å². The minimum atomic E-state index is -1.09. The summed E-state index contributed by atoms with van der Waals surface area (Å²) in [4.78, 5) is 22.0. The Bertz CT molecular complexity index is 673. The lowest BCUT2D eigenvalue weighted by atomic mass is 10.0. The third-order valence-electron chi connectivity index (χ3n) is 3.07. The van der Waals surface area contributed by atoms with Gasteiger partial charge in [-0.15, -0.1) is 0 Å². The zero-order chi connectivity index (χ0) is 14.2. The quantitative estimate of drug-likeness (QED) is 0.711. The standard InChI is InChI=1S/C12H15N3O4/c1-15-9-4-6(2-3-10(9)19-12(15)18)7(13)5-8(14)11(16)17/h2-4,7-8H,5,13-14H2,1H3,(H,16,17). The lowest BCUT2D eigenvalue weighted by Crippen LogP contribution is -2.33. The van der Waals surface area contributed by atoms with Gasteiger partial charge in [-0.05, 0) is 24.1 Å². The van der Waals surface area contributed by atoms with Crippen LogP contribution < -0.4 is 17.2 Å². The lowest BCUT2D eigenvalue weighted by Gasteiger charge is -2.14. The largest absolute Gasteiger partial charge is 0.480 e. The van der Waals surface area contributed by atoms with Crippen LogP contribution in [0.3, 0.4) is 0 Å². The number of oxazole rings is 1. The van der Waals surface area contributed by atoms with E-state index in [1.165, 1.54) is 4.57 Å². The molecule has 0 aliphatic rings. The van der Waals surface area contributed by atoms with E-state index < -0.39 is 23.8 Å². The number of carboxylic acid groups (broad SMARTS) is 1. The zero-order valence-corrected chi connectivity index (χ0v) is 10.4. The van der Waals surface area contributed by atoms with Gasteiger partial charge in [-0.3, -0.25) is 9.36 Å². The Morgan fingerprint density at radius 2 is 2.16 bits per heavy atom. The number of aromatic nitrogens is 1. The molecule has 2 atom stereocenters. The predicted molar refractivity (Wildman–Crippen MR) is 68.6 cm³/mol. The maximum Gasteiger partial charge on any atom is 0.419 e. The third-order valence-corrected chi connectivity index (χ3v) is 3.07. The molecule has 0 aliphatic heterocycles. The van der Waals surface area contributed by atoms with E-state index in [-0.39, 0.29) is 6.42 Å². The van der Waals surface area contributed by atoms with Gasteiger partial charge in [0, 0.05) is 13.1 Å². The van der Waals surface area contributed by atoms with Gasteiger partial charge < -0.3 is 21.0 Å². The number of fused-ring (bicyclic) bond motifs is 1. The van der Waals surface area contributed by atoms with Crippen LogP contribution in [0.4, 0.5) is 0 Å². The average molecular weight is 265 g/mol. The summed E-state index contributed by atoms with van der Waals surface area (Å²) in [5, 5.41) is 8.76. The van der Waals surface area contributed by atoms with E-state index in [0.29, 0.717) is 16.7 Å². The van der Waals surface area contributed by atoms with Gasteiger partial charge in [0.1, 0.15) is 6.04 Å².